The van der Waals surface area contributed by atoms with Gasteiger partial charge in [-0.05, 0) is 38.1 Å². The lowest BCUT2D eigenvalue weighted by Gasteiger charge is -2.15. The fourth-order valence-electron chi connectivity index (χ4n) is 2.83. The van der Waals surface area contributed by atoms with Crippen LogP contribution in [0.3, 0.4) is 0 Å². The summed E-state index contributed by atoms with van der Waals surface area (Å²) < 4.78 is 8.05. The first-order chi connectivity index (χ1) is 10.1. The molecule has 3 aromatic rings. The average molecular weight is 283 g/mol. The van der Waals surface area contributed by atoms with E-state index >= 15 is 0 Å². The molecule has 0 radical (unpaired) electrons. The zero-order valence-corrected chi connectivity index (χ0v) is 13.0. The molecule has 1 unspecified atom stereocenters. The Morgan fingerprint density at radius 3 is 2.71 bits per heavy atom. The number of nitrogens with one attached hydrogen (secondary N) is 1. The van der Waals surface area contributed by atoms with Gasteiger partial charge in [-0.25, -0.2) is 0 Å². The van der Waals surface area contributed by atoms with E-state index in [0.29, 0.717) is 0 Å². The molecule has 0 saturated carbocycles. The van der Waals surface area contributed by atoms with Crippen LogP contribution in [0.2, 0.25) is 0 Å². The second kappa shape index (κ2) is 5.37. The molecule has 4 nitrogen and oxygen atoms in total. The molecule has 0 amide bonds. The van der Waals surface area contributed by atoms with Crippen LogP contribution in [0.25, 0.3) is 11.0 Å². The number of hydrogen-bond donors (Lipinski definition) is 1. The van der Waals surface area contributed by atoms with Crippen LogP contribution in [0.15, 0.2) is 34.7 Å². The minimum Gasteiger partial charge on any atom is -0.459 e. The SMILES string of the molecule is CCNC(c1cc2cccc(C)c2o1)c1cc(C)nn1C. The standard InChI is InChI=1S/C17H21N3O/c1-5-18-16(14-9-12(3)19-20(14)4)15-10-13-8-6-7-11(2)17(13)21-15/h6-10,16,18H,5H2,1-4H3. The lowest BCUT2D eigenvalue weighted by Crippen LogP contribution is -2.23. The van der Waals surface area contributed by atoms with Gasteiger partial charge in [-0.2, -0.15) is 5.10 Å². The molecule has 0 bridgehead atoms. The van der Waals surface area contributed by atoms with Gasteiger partial charge in [0.25, 0.3) is 0 Å². The number of rotatable bonds is 4. The Bertz CT molecular complexity index is 770. The van der Waals surface area contributed by atoms with Gasteiger partial charge in [0.15, 0.2) is 0 Å². The quantitative estimate of drug-likeness (QED) is 0.797. The number of benzene rings is 1. The first kappa shape index (κ1) is 13.9. The van der Waals surface area contributed by atoms with E-state index in [0.717, 1.165) is 40.2 Å². The van der Waals surface area contributed by atoms with Gasteiger partial charge in [0, 0.05) is 12.4 Å². The molecule has 0 saturated heterocycles. The second-order valence-electron chi connectivity index (χ2n) is 5.47. The van der Waals surface area contributed by atoms with E-state index < -0.39 is 0 Å². The van der Waals surface area contributed by atoms with Crippen molar-refractivity contribution in [3.63, 3.8) is 0 Å². The third-order valence-corrected chi connectivity index (χ3v) is 3.79. The van der Waals surface area contributed by atoms with E-state index in [9.17, 15) is 0 Å². The van der Waals surface area contributed by atoms with Crippen molar-refractivity contribution in [1.29, 1.82) is 0 Å². The van der Waals surface area contributed by atoms with E-state index in [-0.39, 0.29) is 6.04 Å². The van der Waals surface area contributed by atoms with Gasteiger partial charge in [0.2, 0.25) is 0 Å². The molecule has 1 atom stereocenters. The van der Waals surface area contributed by atoms with Crippen molar-refractivity contribution >= 4 is 11.0 Å². The Hall–Kier alpha value is -2.07. The van der Waals surface area contributed by atoms with Gasteiger partial charge < -0.3 is 9.73 Å². The lowest BCUT2D eigenvalue weighted by atomic mass is 10.1. The van der Waals surface area contributed by atoms with Gasteiger partial charge >= 0.3 is 0 Å². The molecular weight excluding hydrogens is 262 g/mol. The molecule has 0 aliphatic rings. The molecule has 2 heterocycles. The molecule has 110 valence electrons. The fourth-order valence-corrected chi connectivity index (χ4v) is 2.83. The fraction of sp³-hybridized carbons (Fsp3) is 0.353. The number of para-hydroxylation sites is 1. The molecule has 0 fully saturated rings. The van der Waals surface area contributed by atoms with Crippen LogP contribution >= 0.6 is 0 Å². The van der Waals surface area contributed by atoms with Crippen molar-refractivity contribution in [2.75, 3.05) is 6.54 Å². The van der Waals surface area contributed by atoms with Crippen LogP contribution in [0, 0.1) is 13.8 Å². The Morgan fingerprint density at radius 2 is 2.10 bits per heavy atom. The summed E-state index contributed by atoms with van der Waals surface area (Å²) in [5.41, 5.74) is 4.26. The maximum absolute atomic E-state index is 6.13. The maximum atomic E-state index is 6.13. The van der Waals surface area contributed by atoms with Crippen molar-refractivity contribution in [3.05, 3.63) is 53.0 Å². The zero-order chi connectivity index (χ0) is 15.0. The minimum atomic E-state index is 0.0213. The third-order valence-electron chi connectivity index (χ3n) is 3.79. The number of nitrogens with zero attached hydrogens (tertiary/aromatic N) is 2. The van der Waals surface area contributed by atoms with Gasteiger partial charge in [-0.15, -0.1) is 0 Å². The second-order valence-corrected chi connectivity index (χ2v) is 5.47. The molecule has 0 spiro atoms. The maximum Gasteiger partial charge on any atom is 0.137 e. The Balaban J connectivity index is 2.11. The first-order valence-electron chi connectivity index (χ1n) is 7.33. The van der Waals surface area contributed by atoms with Crippen LogP contribution in [0.5, 0.6) is 0 Å². The van der Waals surface area contributed by atoms with Crippen LogP contribution in [-0.4, -0.2) is 16.3 Å². The van der Waals surface area contributed by atoms with E-state index in [2.05, 4.69) is 54.6 Å². The normalized spacial score (nSPS) is 13.0. The first-order valence-corrected chi connectivity index (χ1v) is 7.33. The predicted octanol–water partition coefficient (Wildman–Crippen LogP) is 3.48. The molecule has 1 aromatic carbocycles. The summed E-state index contributed by atoms with van der Waals surface area (Å²) in [7, 11) is 1.97. The highest BCUT2D eigenvalue weighted by Gasteiger charge is 2.21. The highest BCUT2D eigenvalue weighted by atomic mass is 16.3. The molecule has 2 aromatic heterocycles. The molecule has 1 N–H and O–H groups in total. The minimum absolute atomic E-state index is 0.0213. The highest BCUT2D eigenvalue weighted by molar-refractivity contribution is 5.81. The summed E-state index contributed by atoms with van der Waals surface area (Å²) in [6.45, 7) is 7.05. The number of fused-ring (bicyclic) bond motifs is 1. The lowest BCUT2D eigenvalue weighted by molar-refractivity contribution is 0.458. The van der Waals surface area contributed by atoms with E-state index in [4.69, 9.17) is 4.42 Å². The Kier molecular flexibility index (Phi) is 3.55. The number of hydrogen-bond acceptors (Lipinski definition) is 3. The average Bonchev–Trinajstić information content (AvgIpc) is 3.00. The van der Waals surface area contributed by atoms with Crippen molar-refractivity contribution in [2.24, 2.45) is 7.05 Å². The van der Waals surface area contributed by atoms with Gasteiger partial charge in [0.05, 0.1) is 11.4 Å². The Morgan fingerprint density at radius 1 is 1.29 bits per heavy atom. The molecule has 3 rings (SSSR count). The Labute approximate surface area is 124 Å². The highest BCUT2D eigenvalue weighted by Crippen LogP contribution is 2.30. The summed E-state index contributed by atoms with van der Waals surface area (Å²) in [6, 6.07) is 10.5. The zero-order valence-electron chi connectivity index (χ0n) is 13.0. The summed E-state index contributed by atoms with van der Waals surface area (Å²) >= 11 is 0. The number of furan rings is 1. The summed E-state index contributed by atoms with van der Waals surface area (Å²) in [5.74, 6) is 0.934. The van der Waals surface area contributed by atoms with Crippen LogP contribution in [0.1, 0.15) is 35.7 Å². The monoisotopic (exact) mass is 283 g/mol. The van der Waals surface area contributed by atoms with Crippen LogP contribution in [0.4, 0.5) is 0 Å². The summed E-state index contributed by atoms with van der Waals surface area (Å²) in [5, 5.41) is 9.09. The van der Waals surface area contributed by atoms with Crippen molar-refractivity contribution in [2.45, 2.75) is 26.8 Å². The van der Waals surface area contributed by atoms with E-state index in [1.165, 1.54) is 0 Å². The predicted molar refractivity (Wildman–Crippen MR) is 84.4 cm³/mol. The summed E-state index contributed by atoms with van der Waals surface area (Å²) in [4.78, 5) is 0. The molecule has 4 heteroatoms. The van der Waals surface area contributed by atoms with Crippen molar-refractivity contribution in [3.8, 4) is 0 Å². The third kappa shape index (κ3) is 2.47. The molecular formula is C17H21N3O. The largest absolute Gasteiger partial charge is 0.459 e. The van der Waals surface area contributed by atoms with Crippen molar-refractivity contribution in [1.82, 2.24) is 15.1 Å². The van der Waals surface area contributed by atoms with Crippen LogP contribution in [-0.2, 0) is 7.05 Å². The molecule has 21 heavy (non-hydrogen) atoms. The van der Waals surface area contributed by atoms with Gasteiger partial charge in [0.1, 0.15) is 17.4 Å². The number of aromatic nitrogens is 2. The summed E-state index contributed by atoms with van der Waals surface area (Å²) in [6.07, 6.45) is 0. The molecule has 0 aliphatic carbocycles. The van der Waals surface area contributed by atoms with Crippen LogP contribution < -0.4 is 5.32 Å². The van der Waals surface area contributed by atoms with E-state index in [1.54, 1.807) is 0 Å². The van der Waals surface area contributed by atoms with Gasteiger partial charge in [-0.3, -0.25) is 4.68 Å². The van der Waals surface area contributed by atoms with Crippen molar-refractivity contribution < 1.29 is 4.42 Å². The number of aryl methyl sites for hydroxylation is 3. The van der Waals surface area contributed by atoms with E-state index in [1.807, 2.05) is 18.7 Å². The topological polar surface area (TPSA) is 43.0 Å². The smallest absolute Gasteiger partial charge is 0.137 e. The molecule has 0 aliphatic heterocycles. The van der Waals surface area contributed by atoms with Gasteiger partial charge in [-0.1, -0.05) is 25.1 Å².